The van der Waals surface area contributed by atoms with Crippen LogP contribution in [0, 0.1) is 6.92 Å². The maximum atomic E-state index is 13.0. The molecule has 7 nitrogen and oxygen atoms in total. The second-order valence-electron chi connectivity index (χ2n) is 7.29. The van der Waals surface area contributed by atoms with E-state index in [0.29, 0.717) is 46.6 Å². The van der Waals surface area contributed by atoms with Gasteiger partial charge in [-0.05, 0) is 36.8 Å². The standard InChI is InChI=1S/C25H20N2O5/c1-16-23(24(27-32-16)18-7-3-2-4-8-18)25(28)26-19-9-5-6-17(12-19)14-29-20-10-11-21-22(13-20)31-15-30-21/h2-13H,14-15H2,1H3,(H,26,28). The number of anilines is 1. The van der Waals surface area contributed by atoms with Gasteiger partial charge in [-0.25, -0.2) is 0 Å². The Kier molecular flexibility index (Phi) is 5.21. The Morgan fingerprint density at radius 1 is 1.00 bits per heavy atom. The number of nitrogens with zero attached hydrogens (tertiary/aromatic N) is 1. The first-order chi connectivity index (χ1) is 15.7. The highest BCUT2D eigenvalue weighted by Gasteiger charge is 2.21. The summed E-state index contributed by atoms with van der Waals surface area (Å²) in [6.45, 7) is 2.28. The lowest BCUT2D eigenvalue weighted by atomic mass is 10.1. The molecule has 0 aliphatic carbocycles. The zero-order valence-corrected chi connectivity index (χ0v) is 17.3. The zero-order chi connectivity index (χ0) is 21.9. The molecule has 1 N–H and O–H groups in total. The van der Waals surface area contributed by atoms with Crippen LogP contribution in [0.15, 0.2) is 77.3 Å². The molecule has 0 atom stereocenters. The molecule has 160 valence electrons. The Balaban J connectivity index is 1.29. The minimum atomic E-state index is -0.281. The fraction of sp³-hybridized carbons (Fsp3) is 0.120. The fourth-order valence-electron chi connectivity index (χ4n) is 3.50. The molecule has 1 aliphatic rings. The topological polar surface area (TPSA) is 82.8 Å². The van der Waals surface area contributed by atoms with Gasteiger partial charge in [-0.15, -0.1) is 0 Å². The van der Waals surface area contributed by atoms with E-state index >= 15 is 0 Å². The zero-order valence-electron chi connectivity index (χ0n) is 17.3. The van der Waals surface area contributed by atoms with Crippen molar-refractivity contribution >= 4 is 11.6 Å². The van der Waals surface area contributed by atoms with Crippen LogP contribution in [0.25, 0.3) is 11.3 Å². The third-order valence-electron chi connectivity index (χ3n) is 5.07. The predicted molar refractivity (Wildman–Crippen MR) is 118 cm³/mol. The molecule has 1 aliphatic heterocycles. The molecule has 3 aromatic carbocycles. The molecule has 1 aromatic heterocycles. The number of carbonyl (C=O) groups is 1. The van der Waals surface area contributed by atoms with Gasteiger partial charge >= 0.3 is 0 Å². The van der Waals surface area contributed by atoms with Crippen molar-refractivity contribution in [3.8, 4) is 28.5 Å². The summed E-state index contributed by atoms with van der Waals surface area (Å²) in [6, 6.07) is 22.4. The van der Waals surface area contributed by atoms with Crippen LogP contribution < -0.4 is 19.5 Å². The molecule has 0 radical (unpaired) electrons. The molecule has 0 saturated heterocycles. The molecule has 0 unspecified atom stereocenters. The third kappa shape index (κ3) is 4.00. The van der Waals surface area contributed by atoms with E-state index in [1.54, 1.807) is 13.0 Å². The van der Waals surface area contributed by atoms with Crippen molar-refractivity contribution < 1.29 is 23.5 Å². The van der Waals surface area contributed by atoms with E-state index in [-0.39, 0.29) is 12.7 Å². The van der Waals surface area contributed by atoms with Gasteiger partial charge < -0.3 is 24.1 Å². The van der Waals surface area contributed by atoms with Gasteiger partial charge in [0.15, 0.2) is 11.5 Å². The number of aromatic nitrogens is 1. The lowest BCUT2D eigenvalue weighted by molar-refractivity contribution is 0.102. The normalized spacial score (nSPS) is 11.9. The van der Waals surface area contributed by atoms with Gasteiger partial charge in [0.05, 0.1) is 0 Å². The minimum Gasteiger partial charge on any atom is -0.489 e. The Morgan fingerprint density at radius 2 is 1.84 bits per heavy atom. The molecular formula is C25H20N2O5. The molecule has 0 saturated carbocycles. The number of nitrogens with one attached hydrogen (secondary N) is 1. The van der Waals surface area contributed by atoms with Crippen LogP contribution in [0.4, 0.5) is 5.69 Å². The first-order valence-electron chi connectivity index (χ1n) is 10.1. The van der Waals surface area contributed by atoms with Gasteiger partial charge in [0.1, 0.15) is 29.4 Å². The summed E-state index contributed by atoms with van der Waals surface area (Å²) >= 11 is 0. The van der Waals surface area contributed by atoms with Crippen LogP contribution in [0.3, 0.4) is 0 Å². The van der Waals surface area contributed by atoms with Gasteiger partial charge in [-0.3, -0.25) is 4.79 Å². The molecule has 0 spiro atoms. The van der Waals surface area contributed by atoms with E-state index in [2.05, 4.69) is 10.5 Å². The first kappa shape index (κ1) is 19.7. The number of hydrogen-bond donors (Lipinski definition) is 1. The lowest BCUT2D eigenvalue weighted by Gasteiger charge is -2.10. The van der Waals surface area contributed by atoms with Crippen molar-refractivity contribution in [1.29, 1.82) is 0 Å². The lowest BCUT2D eigenvalue weighted by Crippen LogP contribution is -2.13. The number of benzene rings is 3. The number of aryl methyl sites for hydroxylation is 1. The number of hydrogen-bond acceptors (Lipinski definition) is 6. The summed E-state index contributed by atoms with van der Waals surface area (Å²) in [6.07, 6.45) is 0. The van der Waals surface area contributed by atoms with E-state index in [9.17, 15) is 4.79 Å². The molecule has 1 amide bonds. The van der Waals surface area contributed by atoms with Crippen LogP contribution in [0.5, 0.6) is 17.2 Å². The molecule has 2 heterocycles. The Morgan fingerprint density at radius 3 is 2.72 bits per heavy atom. The van der Waals surface area contributed by atoms with Crippen molar-refractivity contribution in [2.24, 2.45) is 0 Å². The highest BCUT2D eigenvalue weighted by atomic mass is 16.7. The Hall–Kier alpha value is -4.26. The minimum absolute atomic E-state index is 0.220. The predicted octanol–water partition coefficient (Wildman–Crippen LogP) is 5.21. The molecule has 7 heteroatoms. The van der Waals surface area contributed by atoms with Crippen molar-refractivity contribution in [3.05, 3.63) is 89.7 Å². The molecule has 4 aromatic rings. The second kappa shape index (κ2) is 8.47. The summed E-state index contributed by atoms with van der Waals surface area (Å²) < 4.78 is 21.9. The van der Waals surface area contributed by atoms with Crippen LogP contribution in [-0.2, 0) is 6.61 Å². The highest BCUT2D eigenvalue weighted by molar-refractivity contribution is 6.08. The van der Waals surface area contributed by atoms with Crippen LogP contribution >= 0.6 is 0 Å². The average molecular weight is 428 g/mol. The average Bonchev–Trinajstić information content (AvgIpc) is 3.44. The van der Waals surface area contributed by atoms with Gasteiger partial charge in [-0.1, -0.05) is 47.6 Å². The van der Waals surface area contributed by atoms with Crippen LogP contribution in [-0.4, -0.2) is 17.9 Å². The maximum absolute atomic E-state index is 13.0. The van der Waals surface area contributed by atoms with Crippen molar-refractivity contribution in [3.63, 3.8) is 0 Å². The summed E-state index contributed by atoms with van der Waals surface area (Å²) in [7, 11) is 0. The van der Waals surface area contributed by atoms with Gasteiger partial charge in [0, 0.05) is 17.3 Å². The van der Waals surface area contributed by atoms with Crippen molar-refractivity contribution in [2.75, 3.05) is 12.1 Å². The Labute approximate surface area is 184 Å². The van der Waals surface area contributed by atoms with Gasteiger partial charge in [-0.2, -0.15) is 0 Å². The molecule has 5 rings (SSSR count). The SMILES string of the molecule is Cc1onc(-c2ccccc2)c1C(=O)Nc1cccc(COc2ccc3c(c2)OCO3)c1. The molecular weight excluding hydrogens is 408 g/mol. The summed E-state index contributed by atoms with van der Waals surface area (Å²) in [5, 5.41) is 7.02. The second-order valence-corrected chi connectivity index (χ2v) is 7.29. The quantitative estimate of drug-likeness (QED) is 0.454. The van der Waals surface area contributed by atoms with E-state index in [1.807, 2.05) is 66.7 Å². The van der Waals surface area contributed by atoms with Crippen molar-refractivity contribution in [2.45, 2.75) is 13.5 Å². The molecule has 0 bridgehead atoms. The number of rotatable bonds is 6. The van der Waals surface area contributed by atoms with E-state index < -0.39 is 0 Å². The summed E-state index contributed by atoms with van der Waals surface area (Å²) in [4.78, 5) is 13.0. The van der Waals surface area contributed by atoms with E-state index in [1.165, 1.54) is 0 Å². The van der Waals surface area contributed by atoms with Crippen molar-refractivity contribution in [1.82, 2.24) is 5.16 Å². The largest absolute Gasteiger partial charge is 0.489 e. The van der Waals surface area contributed by atoms with Gasteiger partial charge in [0.2, 0.25) is 6.79 Å². The number of amides is 1. The monoisotopic (exact) mass is 428 g/mol. The fourth-order valence-corrected chi connectivity index (χ4v) is 3.50. The van der Waals surface area contributed by atoms with Crippen LogP contribution in [0.1, 0.15) is 21.7 Å². The van der Waals surface area contributed by atoms with E-state index in [4.69, 9.17) is 18.7 Å². The van der Waals surface area contributed by atoms with E-state index in [0.717, 1.165) is 11.1 Å². The number of ether oxygens (including phenoxy) is 3. The number of carbonyl (C=O) groups excluding carboxylic acids is 1. The van der Waals surface area contributed by atoms with Crippen LogP contribution in [0.2, 0.25) is 0 Å². The Bertz CT molecular complexity index is 1270. The number of fused-ring (bicyclic) bond motifs is 1. The third-order valence-corrected chi connectivity index (χ3v) is 5.07. The molecule has 32 heavy (non-hydrogen) atoms. The highest BCUT2D eigenvalue weighted by Crippen LogP contribution is 2.35. The first-order valence-corrected chi connectivity index (χ1v) is 10.1. The summed E-state index contributed by atoms with van der Waals surface area (Å²) in [5.74, 6) is 2.24. The smallest absolute Gasteiger partial charge is 0.261 e. The molecule has 0 fully saturated rings. The maximum Gasteiger partial charge on any atom is 0.261 e. The summed E-state index contributed by atoms with van der Waals surface area (Å²) in [5.41, 5.74) is 3.31. The van der Waals surface area contributed by atoms with Gasteiger partial charge in [0.25, 0.3) is 5.91 Å².